The number of nitrogens with one attached hydrogen (secondary N) is 2. The van der Waals surface area contributed by atoms with Crippen molar-refractivity contribution < 1.29 is 9.13 Å². The van der Waals surface area contributed by atoms with Gasteiger partial charge < -0.3 is 15.4 Å². The van der Waals surface area contributed by atoms with Crippen molar-refractivity contribution in [2.75, 3.05) is 26.8 Å². The maximum Gasteiger partial charge on any atom is 0.115 e. The van der Waals surface area contributed by atoms with Gasteiger partial charge in [-0.3, -0.25) is 0 Å². The molecule has 0 aromatic rings. The van der Waals surface area contributed by atoms with E-state index in [9.17, 15) is 4.39 Å². The molecule has 1 fully saturated rings. The first-order chi connectivity index (χ1) is 6.77. The van der Waals surface area contributed by atoms with Gasteiger partial charge in [0.25, 0.3) is 0 Å². The molecule has 4 heteroatoms. The summed E-state index contributed by atoms with van der Waals surface area (Å²) in [6, 6.07) is 0.473. The monoisotopic (exact) mass is 204 g/mol. The van der Waals surface area contributed by atoms with Crippen molar-refractivity contribution in [1.82, 2.24) is 10.6 Å². The van der Waals surface area contributed by atoms with Crippen LogP contribution in [0.2, 0.25) is 0 Å². The first-order valence-corrected chi connectivity index (χ1v) is 5.40. The van der Waals surface area contributed by atoms with E-state index in [0.29, 0.717) is 12.5 Å². The maximum absolute atomic E-state index is 13.3. The molecule has 0 aromatic carbocycles. The van der Waals surface area contributed by atoms with E-state index in [2.05, 4.69) is 10.6 Å². The zero-order valence-corrected chi connectivity index (χ0v) is 9.05. The van der Waals surface area contributed by atoms with Gasteiger partial charge in [-0.2, -0.15) is 0 Å². The molecule has 1 heterocycles. The minimum atomic E-state index is -0.737. The second kappa shape index (κ2) is 6.32. The summed E-state index contributed by atoms with van der Waals surface area (Å²) in [5.74, 6) is 0. The molecule has 0 radical (unpaired) electrons. The second-order valence-electron chi connectivity index (χ2n) is 3.80. The first-order valence-electron chi connectivity index (χ1n) is 5.40. The van der Waals surface area contributed by atoms with Gasteiger partial charge in [-0.05, 0) is 26.4 Å². The van der Waals surface area contributed by atoms with Crippen LogP contribution < -0.4 is 10.6 Å². The molecule has 1 aliphatic rings. The van der Waals surface area contributed by atoms with Crippen molar-refractivity contribution in [3.05, 3.63) is 0 Å². The number of ether oxygens (including phenoxy) is 1. The van der Waals surface area contributed by atoms with Crippen LogP contribution in [0, 0.1) is 0 Å². The zero-order valence-electron chi connectivity index (χ0n) is 9.05. The molecule has 2 atom stereocenters. The van der Waals surface area contributed by atoms with E-state index in [1.807, 2.05) is 14.0 Å². The summed E-state index contributed by atoms with van der Waals surface area (Å²) in [4.78, 5) is 0. The highest BCUT2D eigenvalue weighted by atomic mass is 19.1. The Labute approximate surface area is 85.4 Å². The molecule has 84 valence electrons. The lowest BCUT2D eigenvalue weighted by Gasteiger charge is -2.28. The van der Waals surface area contributed by atoms with Gasteiger partial charge in [-0.25, -0.2) is 4.39 Å². The van der Waals surface area contributed by atoms with Gasteiger partial charge in [0.2, 0.25) is 0 Å². The fourth-order valence-electron chi connectivity index (χ4n) is 1.59. The molecule has 1 rings (SSSR count). The van der Waals surface area contributed by atoms with Crippen molar-refractivity contribution in [2.45, 2.75) is 38.0 Å². The average Bonchev–Trinajstić information content (AvgIpc) is 2.14. The van der Waals surface area contributed by atoms with E-state index in [1.54, 1.807) is 0 Å². The van der Waals surface area contributed by atoms with E-state index < -0.39 is 6.17 Å². The van der Waals surface area contributed by atoms with E-state index in [0.717, 1.165) is 26.2 Å². The Hall–Kier alpha value is -0.190. The third kappa shape index (κ3) is 3.52. The van der Waals surface area contributed by atoms with Crippen LogP contribution in [-0.2, 0) is 4.74 Å². The summed E-state index contributed by atoms with van der Waals surface area (Å²) >= 11 is 0. The normalized spacial score (nSPS) is 21.6. The van der Waals surface area contributed by atoms with E-state index in [4.69, 9.17) is 4.74 Å². The Morgan fingerprint density at radius 2 is 2.21 bits per heavy atom. The minimum absolute atomic E-state index is 0.0199. The molecule has 2 unspecified atom stereocenters. The molecule has 3 nitrogen and oxygen atoms in total. The average molecular weight is 204 g/mol. The van der Waals surface area contributed by atoms with Crippen molar-refractivity contribution in [3.63, 3.8) is 0 Å². The maximum atomic E-state index is 13.3. The van der Waals surface area contributed by atoms with Gasteiger partial charge in [-0.15, -0.1) is 0 Å². The number of hydrogen-bond acceptors (Lipinski definition) is 3. The van der Waals surface area contributed by atoms with Crippen LogP contribution in [0.15, 0.2) is 0 Å². The largest absolute Gasteiger partial charge is 0.378 e. The van der Waals surface area contributed by atoms with Crippen molar-refractivity contribution >= 4 is 0 Å². The van der Waals surface area contributed by atoms with Crippen molar-refractivity contribution in [2.24, 2.45) is 0 Å². The highest BCUT2D eigenvalue weighted by Gasteiger charge is 2.20. The van der Waals surface area contributed by atoms with Crippen LogP contribution >= 0.6 is 0 Å². The summed E-state index contributed by atoms with van der Waals surface area (Å²) in [6.07, 6.45) is 0.680. The lowest BCUT2D eigenvalue weighted by Crippen LogP contribution is -2.47. The Kier molecular flexibility index (Phi) is 5.37. The predicted octanol–water partition coefficient (Wildman–Crippen LogP) is 0.701. The highest BCUT2D eigenvalue weighted by molar-refractivity contribution is 4.77. The fourth-order valence-corrected chi connectivity index (χ4v) is 1.59. The molecule has 14 heavy (non-hydrogen) atoms. The number of alkyl halides is 1. The SMILES string of the molecule is CCC(F)C(CCNC1COC1)NC. The van der Waals surface area contributed by atoms with Crippen LogP contribution in [0.1, 0.15) is 19.8 Å². The standard InChI is InChI=1S/C10H21FN2O/c1-3-9(11)10(12-2)4-5-13-8-6-14-7-8/h8-10,12-13H,3-7H2,1-2H3. The van der Waals surface area contributed by atoms with Gasteiger partial charge in [0.15, 0.2) is 0 Å². The van der Waals surface area contributed by atoms with Crippen LogP contribution in [0.3, 0.4) is 0 Å². The van der Waals surface area contributed by atoms with Gasteiger partial charge in [0, 0.05) is 6.04 Å². The molecule has 0 saturated carbocycles. The van der Waals surface area contributed by atoms with Gasteiger partial charge in [0.1, 0.15) is 6.17 Å². The van der Waals surface area contributed by atoms with Crippen molar-refractivity contribution in [1.29, 1.82) is 0 Å². The number of hydrogen-bond donors (Lipinski definition) is 2. The van der Waals surface area contributed by atoms with Gasteiger partial charge in [-0.1, -0.05) is 6.92 Å². The lowest BCUT2D eigenvalue weighted by molar-refractivity contribution is -0.00541. The summed E-state index contributed by atoms with van der Waals surface area (Å²) in [5, 5.41) is 6.35. The topological polar surface area (TPSA) is 33.3 Å². The minimum Gasteiger partial charge on any atom is -0.378 e. The highest BCUT2D eigenvalue weighted by Crippen LogP contribution is 2.07. The van der Waals surface area contributed by atoms with Crippen LogP contribution in [-0.4, -0.2) is 45.1 Å². The second-order valence-corrected chi connectivity index (χ2v) is 3.80. The predicted molar refractivity (Wildman–Crippen MR) is 55.3 cm³/mol. The Bertz CT molecular complexity index is 153. The summed E-state index contributed by atoms with van der Waals surface area (Å²) in [6.45, 7) is 4.34. The smallest absolute Gasteiger partial charge is 0.115 e. The quantitative estimate of drug-likeness (QED) is 0.640. The van der Waals surface area contributed by atoms with E-state index in [-0.39, 0.29) is 6.04 Å². The molecule has 2 N–H and O–H groups in total. The molecular formula is C10H21FN2O. The molecule has 0 aromatic heterocycles. The third-order valence-corrected chi connectivity index (χ3v) is 2.72. The van der Waals surface area contributed by atoms with Gasteiger partial charge in [0.05, 0.1) is 19.3 Å². The molecule has 1 saturated heterocycles. The molecule has 0 bridgehead atoms. The Morgan fingerprint density at radius 3 is 2.64 bits per heavy atom. The van der Waals surface area contributed by atoms with Crippen molar-refractivity contribution in [3.8, 4) is 0 Å². The third-order valence-electron chi connectivity index (χ3n) is 2.72. The van der Waals surface area contributed by atoms with Crippen LogP contribution in [0.4, 0.5) is 4.39 Å². The first kappa shape index (κ1) is 11.9. The van der Waals surface area contributed by atoms with Crippen LogP contribution in [0.25, 0.3) is 0 Å². The van der Waals surface area contributed by atoms with Crippen LogP contribution in [0.5, 0.6) is 0 Å². The van der Waals surface area contributed by atoms with E-state index in [1.165, 1.54) is 0 Å². The van der Waals surface area contributed by atoms with E-state index >= 15 is 0 Å². The Balaban J connectivity index is 2.06. The summed E-state index contributed by atoms with van der Waals surface area (Å²) < 4.78 is 18.3. The molecule has 0 spiro atoms. The fraction of sp³-hybridized carbons (Fsp3) is 1.00. The summed E-state index contributed by atoms with van der Waals surface area (Å²) in [7, 11) is 1.82. The molecule has 0 aliphatic carbocycles. The lowest BCUT2D eigenvalue weighted by atomic mass is 10.1. The summed E-state index contributed by atoms with van der Waals surface area (Å²) in [5.41, 5.74) is 0. The molecule has 0 amide bonds. The Morgan fingerprint density at radius 1 is 1.50 bits per heavy atom. The number of rotatable bonds is 7. The molecular weight excluding hydrogens is 183 g/mol. The molecule has 1 aliphatic heterocycles. The zero-order chi connectivity index (χ0) is 10.4. The van der Waals surface area contributed by atoms with Gasteiger partial charge >= 0.3 is 0 Å². The number of halogens is 1.